The van der Waals surface area contributed by atoms with E-state index in [1.54, 1.807) is 0 Å². The molecule has 0 aromatic carbocycles. The molecule has 12 heteroatoms. The van der Waals surface area contributed by atoms with Crippen LogP contribution in [0.3, 0.4) is 0 Å². The zero-order chi connectivity index (χ0) is 38.5. The van der Waals surface area contributed by atoms with Crippen LogP contribution in [0.1, 0.15) is 206 Å². The Morgan fingerprint density at radius 2 is 0.885 bits per heavy atom. The van der Waals surface area contributed by atoms with Crippen LogP contribution >= 0.6 is 7.82 Å². The molecule has 3 atom stereocenters. The Balaban J connectivity index is 3.86. The van der Waals surface area contributed by atoms with E-state index >= 15 is 0 Å². The van der Waals surface area contributed by atoms with E-state index in [-0.39, 0.29) is 12.8 Å². The summed E-state index contributed by atoms with van der Waals surface area (Å²) in [5.74, 6) is -2.36. The van der Waals surface area contributed by atoms with Crippen LogP contribution in [0.5, 0.6) is 0 Å². The number of ether oxygens (including phenoxy) is 1. The Hall–Kier alpha value is -1.52. The molecule has 308 valence electrons. The van der Waals surface area contributed by atoms with Crippen molar-refractivity contribution >= 4 is 25.7 Å². The molecule has 0 aromatic rings. The maximum atomic E-state index is 12.2. The molecule has 0 aromatic heterocycles. The molecule has 0 heterocycles. The third-order valence-electron chi connectivity index (χ3n) is 9.40. The van der Waals surface area contributed by atoms with Gasteiger partial charge in [-0.2, -0.15) is 0 Å². The number of phosphoric ester groups is 1. The standard InChI is InChI=1S/C40H78NO10P/c1-3-5-7-9-11-13-15-16-17-18-19-20-22-24-26-28-30-32-39(44)49-33-36(42)34-50-52(47,48)51-35-37(40(45)46)41-38(43)31-29-27-25-23-21-14-12-10-8-6-4-2/h36-37,42H,3-35H2,1-2H3,(H,41,43)(H,45,46)(H,47,48). The summed E-state index contributed by atoms with van der Waals surface area (Å²) in [6.07, 6.45) is 32.7. The molecular weight excluding hydrogens is 685 g/mol. The number of carboxylic acids is 1. The van der Waals surface area contributed by atoms with Crippen LogP contribution in [0.15, 0.2) is 0 Å². The molecule has 0 rings (SSSR count). The summed E-state index contributed by atoms with van der Waals surface area (Å²) in [6, 6.07) is -1.54. The Bertz CT molecular complexity index is 906. The fourth-order valence-electron chi connectivity index (χ4n) is 6.08. The maximum Gasteiger partial charge on any atom is 0.472 e. The van der Waals surface area contributed by atoms with Crippen molar-refractivity contribution in [1.29, 1.82) is 0 Å². The maximum absolute atomic E-state index is 12.2. The van der Waals surface area contributed by atoms with Crippen molar-refractivity contribution in [3.63, 3.8) is 0 Å². The van der Waals surface area contributed by atoms with Crippen LogP contribution in [0.4, 0.5) is 0 Å². The van der Waals surface area contributed by atoms with Crippen LogP contribution < -0.4 is 5.32 Å². The Labute approximate surface area is 316 Å². The monoisotopic (exact) mass is 764 g/mol. The lowest BCUT2D eigenvalue weighted by molar-refractivity contribution is -0.147. The molecule has 11 nitrogen and oxygen atoms in total. The SMILES string of the molecule is CCCCCCCCCCCCCCCCCCCC(=O)OCC(O)COP(=O)(O)OCC(NC(=O)CCCCCCCCCCCCC)C(=O)O. The molecule has 0 aliphatic rings. The highest BCUT2D eigenvalue weighted by molar-refractivity contribution is 7.47. The minimum Gasteiger partial charge on any atom is -0.480 e. The second kappa shape index (κ2) is 36.5. The smallest absolute Gasteiger partial charge is 0.472 e. The van der Waals surface area contributed by atoms with Gasteiger partial charge in [0.25, 0.3) is 0 Å². The number of carboxylic acid groups (broad SMARTS) is 1. The van der Waals surface area contributed by atoms with Crippen molar-refractivity contribution in [2.45, 2.75) is 219 Å². The summed E-state index contributed by atoms with van der Waals surface area (Å²) in [6.45, 7) is 2.59. The van der Waals surface area contributed by atoms with Crippen molar-refractivity contribution in [2.75, 3.05) is 19.8 Å². The van der Waals surface area contributed by atoms with Gasteiger partial charge >= 0.3 is 19.8 Å². The predicted octanol–water partition coefficient (Wildman–Crippen LogP) is 10.3. The molecule has 0 saturated heterocycles. The normalized spacial score (nSPS) is 13.8. The van der Waals surface area contributed by atoms with E-state index in [4.69, 9.17) is 13.8 Å². The first-order valence-corrected chi connectivity index (χ1v) is 22.6. The topological polar surface area (TPSA) is 169 Å². The first-order chi connectivity index (χ1) is 25.1. The average Bonchev–Trinajstić information content (AvgIpc) is 3.11. The van der Waals surface area contributed by atoms with Gasteiger partial charge in [-0.05, 0) is 12.8 Å². The highest BCUT2D eigenvalue weighted by atomic mass is 31.2. The number of carbonyl (C=O) groups excluding carboxylic acids is 2. The van der Waals surface area contributed by atoms with Crippen molar-refractivity contribution in [3.05, 3.63) is 0 Å². The molecule has 1 amide bonds. The minimum atomic E-state index is -4.74. The van der Waals surface area contributed by atoms with Crippen LogP contribution in [0.2, 0.25) is 0 Å². The van der Waals surface area contributed by atoms with Gasteiger partial charge in [0.15, 0.2) is 6.04 Å². The van der Waals surface area contributed by atoms with Gasteiger partial charge in [0.2, 0.25) is 5.91 Å². The lowest BCUT2D eigenvalue weighted by Gasteiger charge is -2.18. The summed E-state index contributed by atoms with van der Waals surface area (Å²) >= 11 is 0. The molecule has 0 bridgehead atoms. The van der Waals surface area contributed by atoms with Gasteiger partial charge in [-0.15, -0.1) is 0 Å². The number of amides is 1. The fraction of sp³-hybridized carbons (Fsp3) is 0.925. The van der Waals surface area contributed by atoms with E-state index in [1.807, 2.05) is 0 Å². The van der Waals surface area contributed by atoms with Crippen LogP contribution in [-0.2, 0) is 32.7 Å². The van der Waals surface area contributed by atoms with Crippen molar-refractivity contribution < 1.29 is 47.8 Å². The van der Waals surface area contributed by atoms with E-state index in [1.165, 1.54) is 128 Å². The third-order valence-corrected chi connectivity index (χ3v) is 10.3. The first kappa shape index (κ1) is 50.5. The van der Waals surface area contributed by atoms with Crippen LogP contribution in [-0.4, -0.2) is 64.9 Å². The van der Waals surface area contributed by atoms with E-state index < -0.39 is 57.6 Å². The number of aliphatic carboxylic acids is 1. The molecule has 0 aliphatic carbocycles. The number of carbonyl (C=O) groups is 3. The van der Waals surface area contributed by atoms with Gasteiger partial charge in [-0.3, -0.25) is 18.6 Å². The largest absolute Gasteiger partial charge is 0.480 e. The molecule has 0 fully saturated rings. The van der Waals surface area contributed by atoms with E-state index in [2.05, 4.69) is 19.2 Å². The number of aliphatic hydroxyl groups excluding tert-OH is 1. The van der Waals surface area contributed by atoms with Gasteiger partial charge in [0.1, 0.15) is 12.7 Å². The Morgan fingerprint density at radius 3 is 1.27 bits per heavy atom. The number of unbranched alkanes of at least 4 members (excludes halogenated alkanes) is 26. The van der Waals surface area contributed by atoms with Gasteiger partial charge in [0, 0.05) is 12.8 Å². The summed E-state index contributed by atoms with van der Waals surface area (Å²) in [4.78, 5) is 45.7. The van der Waals surface area contributed by atoms with Crippen molar-refractivity contribution in [1.82, 2.24) is 5.32 Å². The Morgan fingerprint density at radius 1 is 0.538 bits per heavy atom. The second-order valence-electron chi connectivity index (χ2n) is 14.5. The number of aliphatic hydroxyl groups is 1. The molecule has 0 saturated carbocycles. The molecule has 0 aliphatic heterocycles. The lowest BCUT2D eigenvalue weighted by Crippen LogP contribution is -2.43. The van der Waals surface area contributed by atoms with Crippen molar-refractivity contribution in [2.24, 2.45) is 0 Å². The van der Waals surface area contributed by atoms with Crippen LogP contribution in [0.25, 0.3) is 0 Å². The van der Waals surface area contributed by atoms with E-state index in [9.17, 15) is 34.1 Å². The first-order valence-electron chi connectivity index (χ1n) is 21.1. The van der Waals surface area contributed by atoms with E-state index in [0.29, 0.717) is 12.8 Å². The van der Waals surface area contributed by atoms with Gasteiger partial charge in [-0.1, -0.05) is 181 Å². The molecule has 4 N–H and O–H groups in total. The number of phosphoric acid groups is 1. The van der Waals surface area contributed by atoms with Gasteiger partial charge in [0.05, 0.1) is 13.2 Å². The van der Waals surface area contributed by atoms with Gasteiger partial charge < -0.3 is 25.2 Å². The summed E-state index contributed by atoms with van der Waals surface area (Å²) in [5, 5.41) is 21.8. The predicted molar refractivity (Wildman–Crippen MR) is 208 cm³/mol. The zero-order valence-corrected chi connectivity index (χ0v) is 34.0. The zero-order valence-electron chi connectivity index (χ0n) is 33.1. The average molecular weight is 764 g/mol. The number of nitrogens with one attached hydrogen (secondary N) is 1. The molecular formula is C40H78NO10P. The Kier molecular flexibility index (Phi) is 35.4. The molecule has 0 radical (unpaired) electrons. The van der Waals surface area contributed by atoms with Crippen LogP contribution in [0, 0.1) is 0 Å². The number of hydrogen-bond acceptors (Lipinski definition) is 8. The van der Waals surface area contributed by atoms with Crippen molar-refractivity contribution in [3.8, 4) is 0 Å². The number of rotatable bonds is 40. The lowest BCUT2D eigenvalue weighted by atomic mass is 10.0. The second-order valence-corrected chi connectivity index (χ2v) is 16.0. The highest BCUT2D eigenvalue weighted by Gasteiger charge is 2.28. The summed E-state index contributed by atoms with van der Waals surface area (Å²) < 4.78 is 26.8. The molecule has 0 spiro atoms. The summed E-state index contributed by atoms with van der Waals surface area (Å²) in [7, 11) is -4.74. The number of hydrogen-bond donors (Lipinski definition) is 4. The highest BCUT2D eigenvalue weighted by Crippen LogP contribution is 2.43. The quantitative estimate of drug-likeness (QED) is 0.0268. The van der Waals surface area contributed by atoms with Gasteiger partial charge in [-0.25, -0.2) is 9.36 Å². The van der Waals surface area contributed by atoms with E-state index in [0.717, 1.165) is 38.5 Å². The minimum absolute atomic E-state index is 0.151. The molecule has 52 heavy (non-hydrogen) atoms. The fourth-order valence-corrected chi connectivity index (χ4v) is 6.85. The summed E-state index contributed by atoms with van der Waals surface area (Å²) in [5.41, 5.74) is 0. The number of esters is 1. The molecule has 3 unspecified atom stereocenters. The third kappa shape index (κ3) is 35.5.